The molecule has 6 N–H and O–H groups in total. The summed E-state index contributed by atoms with van der Waals surface area (Å²) >= 11 is 0. The third kappa shape index (κ3) is 9.78. The van der Waals surface area contributed by atoms with Gasteiger partial charge in [0, 0.05) is 35.9 Å². The van der Waals surface area contributed by atoms with E-state index in [4.69, 9.17) is 11.5 Å². The molecule has 5 rings (SSSR count). The number of aromatic nitrogens is 2. The Balaban J connectivity index is 0.00000242. The Kier molecular flexibility index (Phi) is 16.2. The van der Waals surface area contributed by atoms with E-state index in [2.05, 4.69) is 65.3 Å². The van der Waals surface area contributed by atoms with E-state index in [-0.39, 0.29) is 61.5 Å². The number of halogens is 4. The smallest absolute Gasteiger partial charge is 0.209 e. The van der Waals surface area contributed by atoms with Gasteiger partial charge in [0.15, 0.2) is 0 Å². The third-order valence-corrected chi connectivity index (χ3v) is 6.07. The first-order valence-corrected chi connectivity index (χ1v) is 12.6. The van der Waals surface area contributed by atoms with Gasteiger partial charge >= 0.3 is 0 Å². The minimum atomic E-state index is 0. The van der Waals surface area contributed by atoms with Crippen LogP contribution in [0, 0.1) is 0 Å². The highest BCUT2D eigenvalue weighted by atomic mass is 35.5. The highest BCUT2D eigenvalue weighted by Crippen LogP contribution is 2.31. The lowest BCUT2D eigenvalue weighted by molar-refractivity contribution is 0.958. The Labute approximate surface area is 279 Å². The van der Waals surface area contributed by atoms with Gasteiger partial charge in [0.05, 0.1) is 25.5 Å². The molecule has 0 spiro atoms. The zero-order chi connectivity index (χ0) is 27.6. The highest BCUT2D eigenvalue weighted by Gasteiger charge is 2.11. The van der Waals surface area contributed by atoms with Gasteiger partial charge in [0.1, 0.15) is 0 Å². The Hall–Kier alpha value is -4.48. The minimum absolute atomic E-state index is 0. The summed E-state index contributed by atoms with van der Waals surface area (Å²) < 4.78 is 0. The van der Waals surface area contributed by atoms with Crippen molar-refractivity contribution in [2.75, 3.05) is 0 Å². The fraction of sp³-hybridized carbons (Fsp3) is 0.0667. The van der Waals surface area contributed by atoms with E-state index in [9.17, 15) is 0 Å². The quantitative estimate of drug-likeness (QED) is 0.0755. The number of hydrogen-bond donors (Lipinski definition) is 4. The number of pyridine rings is 2. The van der Waals surface area contributed by atoms with E-state index in [1.165, 1.54) is 0 Å². The molecule has 0 aliphatic carbocycles. The summed E-state index contributed by atoms with van der Waals surface area (Å²) in [6.07, 6.45) is 10.5. The molecule has 0 saturated heterocycles. The molecule has 230 valence electrons. The van der Waals surface area contributed by atoms with Crippen molar-refractivity contribution in [2.45, 2.75) is 13.1 Å². The summed E-state index contributed by atoms with van der Waals surface area (Å²) in [6.45, 7) is 0.823. The molecule has 14 heteroatoms. The van der Waals surface area contributed by atoms with Crippen molar-refractivity contribution in [1.82, 2.24) is 20.8 Å². The molecule has 0 amide bonds. The summed E-state index contributed by atoms with van der Waals surface area (Å²) in [5.74, 6) is 0.428. The van der Waals surface area contributed by atoms with Crippen LogP contribution in [0.5, 0.6) is 0 Å². The highest BCUT2D eigenvalue weighted by molar-refractivity contribution is 6.21. The number of benzene rings is 3. The number of rotatable bonds is 8. The Morgan fingerprint density at radius 3 is 1.25 bits per heavy atom. The maximum atomic E-state index is 6.03. The molecule has 2 heterocycles. The number of nitrogens with zero attached hydrogens (tertiary/aromatic N) is 6. The van der Waals surface area contributed by atoms with Gasteiger partial charge in [-0.2, -0.15) is 10.2 Å². The maximum Gasteiger partial charge on any atom is 0.209 e. The van der Waals surface area contributed by atoms with E-state index < -0.39 is 0 Å². The zero-order valence-corrected chi connectivity index (χ0v) is 26.5. The minimum Gasteiger partial charge on any atom is -0.369 e. The Morgan fingerprint density at radius 2 is 0.932 bits per heavy atom. The Bertz CT molecular complexity index is 1550. The predicted octanol–water partition coefficient (Wildman–Crippen LogP) is 5.35. The first-order chi connectivity index (χ1) is 19.7. The van der Waals surface area contributed by atoms with E-state index in [1.807, 2.05) is 48.5 Å². The lowest BCUT2D eigenvalue weighted by Crippen LogP contribution is -2.27. The van der Waals surface area contributed by atoms with E-state index in [0.29, 0.717) is 13.1 Å². The van der Waals surface area contributed by atoms with Crippen LogP contribution in [0.2, 0.25) is 0 Å². The molecule has 3 aromatic carbocycles. The average Bonchev–Trinajstić information content (AvgIpc) is 3.01. The SMILES string of the molecule is Cl.Cl.Cl.Cl.NC(=NCc1cccnc1)NN=Cc1c2ccccc2c(C=NNC(N)=NCc2cccnc2)c2ccccc12. The molecule has 0 radical (unpaired) electrons. The predicted molar refractivity (Wildman–Crippen MR) is 191 cm³/mol. The summed E-state index contributed by atoms with van der Waals surface area (Å²) in [6, 6.07) is 23.8. The second kappa shape index (κ2) is 18.9. The molecule has 0 aliphatic heterocycles. The second-order valence-electron chi connectivity index (χ2n) is 8.78. The first kappa shape index (κ1) is 37.5. The largest absolute Gasteiger partial charge is 0.369 e. The lowest BCUT2D eigenvalue weighted by Gasteiger charge is -2.12. The average molecular weight is 674 g/mol. The van der Waals surface area contributed by atoms with Crippen LogP contribution in [-0.4, -0.2) is 34.3 Å². The van der Waals surface area contributed by atoms with Gasteiger partial charge in [0.2, 0.25) is 11.9 Å². The fourth-order valence-corrected chi connectivity index (χ4v) is 4.21. The summed E-state index contributed by atoms with van der Waals surface area (Å²) in [4.78, 5) is 16.8. The van der Waals surface area contributed by atoms with Crippen LogP contribution in [0.3, 0.4) is 0 Å². The van der Waals surface area contributed by atoms with Crippen molar-refractivity contribution in [3.63, 3.8) is 0 Å². The number of fused-ring (bicyclic) bond motifs is 2. The number of hydrogen-bond acceptors (Lipinski definition) is 6. The van der Waals surface area contributed by atoms with E-state index >= 15 is 0 Å². The van der Waals surface area contributed by atoms with E-state index in [0.717, 1.165) is 43.8 Å². The summed E-state index contributed by atoms with van der Waals surface area (Å²) in [5.41, 5.74) is 21.5. The maximum absolute atomic E-state index is 6.03. The van der Waals surface area contributed by atoms with Gasteiger partial charge < -0.3 is 11.5 Å². The van der Waals surface area contributed by atoms with Crippen LogP contribution in [0.15, 0.2) is 118 Å². The van der Waals surface area contributed by atoms with E-state index in [1.54, 1.807) is 37.2 Å². The number of hydrazone groups is 2. The van der Waals surface area contributed by atoms with Crippen LogP contribution in [0.4, 0.5) is 0 Å². The number of guanidine groups is 2. The standard InChI is InChI=1S/C30H28N10.4ClH/c31-29(35-17-21-7-5-13-33-15-21)39-37-19-27-23-9-1-2-10-24(23)28(26-12-4-3-11-25(26)27)20-38-40-30(32)36-18-22-8-6-14-34-16-22;;;;/h1-16,19-20H,17-18H2,(H3,31,35,39)(H3,32,36,40);4*1H. The fourth-order valence-electron chi connectivity index (χ4n) is 4.21. The van der Waals surface area contributed by atoms with Gasteiger partial charge in [-0.25, -0.2) is 20.8 Å². The third-order valence-electron chi connectivity index (χ3n) is 6.07. The zero-order valence-electron chi connectivity index (χ0n) is 23.3. The molecule has 44 heavy (non-hydrogen) atoms. The molecule has 2 aromatic heterocycles. The van der Waals surface area contributed by atoms with Crippen molar-refractivity contribution in [3.05, 3.63) is 120 Å². The molecule has 0 atom stereocenters. The molecule has 0 bridgehead atoms. The van der Waals surface area contributed by atoms with Crippen LogP contribution in [0.1, 0.15) is 22.3 Å². The van der Waals surface area contributed by atoms with Crippen molar-refractivity contribution in [3.8, 4) is 0 Å². The van der Waals surface area contributed by atoms with Gasteiger partial charge in [0.25, 0.3) is 0 Å². The van der Waals surface area contributed by atoms with Gasteiger partial charge in [-0.05, 0) is 44.8 Å². The second-order valence-corrected chi connectivity index (χ2v) is 8.78. The van der Waals surface area contributed by atoms with Gasteiger partial charge in [-0.3, -0.25) is 9.97 Å². The molecule has 10 nitrogen and oxygen atoms in total. The van der Waals surface area contributed by atoms with Crippen molar-refractivity contribution < 1.29 is 0 Å². The monoisotopic (exact) mass is 672 g/mol. The number of nitrogens with one attached hydrogen (secondary N) is 2. The topological polar surface area (TPSA) is 151 Å². The molecule has 0 saturated carbocycles. The Morgan fingerprint density at radius 1 is 0.568 bits per heavy atom. The molecular formula is C30H32Cl4N10. The summed E-state index contributed by atoms with van der Waals surface area (Å²) in [5, 5.41) is 12.8. The van der Waals surface area contributed by atoms with Gasteiger partial charge in [-0.15, -0.1) is 49.6 Å². The van der Waals surface area contributed by atoms with Crippen molar-refractivity contribution >= 4 is 95.5 Å². The molecule has 0 aliphatic rings. The van der Waals surface area contributed by atoms with Crippen LogP contribution in [-0.2, 0) is 13.1 Å². The van der Waals surface area contributed by atoms with Gasteiger partial charge in [-0.1, -0.05) is 60.7 Å². The van der Waals surface area contributed by atoms with Crippen molar-refractivity contribution in [2.24, 2.45) is 31.7 Å². The first-order valence-electron chi connectivity index (χ1n) is 12.6. The molecule has 0 fully saturated rings. The molecular weight excluding hydrogens is 642 g/mol. The van der Waals surface area contributed by atoms with Crippen LogP contribution in [0.25, 0.3) is 21.5 Å². The lowest BCUT2D eigenvalue weighted by atomic mass is 9.92. The van der Waals surface area contributed by atoms with Crippen LogP contribution >= 0.6 is 49.6 Å². The number of nitrogens with two attached hydrogens (primary N) is 2. The molecule has 0 unspecified atom stereocenters. The molecule has 5 aromatic rings. The van der Waals surface area contributed by atoms with Crippen LogP contribution < -0.4 is 22.3 Å². The summed E-state index contributed by atoms with van der Waals surface area (Å²) in [7, 11) is 0. The normalized spacial score (nSPS) is 11.4. The van der Waals surface area contributed by atoms with Crippen molar-refractivity contribution in [1.29, 1.82) is 0 Å². The number of aliphatic imine (C=N–C) groups is 2.